The summed E-state index contributed by atoms with van der Waals surface area (Å²) in [5.41, 5.74) is 0.301. The molecule has 2 heterocycles. The molecular weight excluding hydrogens is 340 g/mol. The molecule has 1 aromatic heterocycles. The van der Waals surface area contributed by atoms with Crippen LogP contribution in [0, 0.1) is 0 Å². The molecule has 2 atom stereocenters. The van der Waals surface area contributed by atoms with Gasteiger partial charge in [0.15, 0.2) is 5.78 Å². The maximum Gasteiger partial charge on any atom is 0.335 e. The van der Waals surface area contributed by atoms with Crippen molar-refractivity contribution in [3.05, 3.63) is 46.5 Å². The van der Waals surface area contributed by atoms with Crippen molar-refractivity contribution >= 4 is 27.7 Å². The number of aromatic carboxylic acids is 1. The number of ketones is 1. The molecule has 0 spiro atoms. The van der Waals surface area contributed by atoms with E-state index in [2.05, 4.69) is 20.9 Å². The van der Waals surface area contributed by atoms with Crippen molar-refractivity contribution in [3.63, 3.8) is 0 Å². The van der Waals surface area contributed by atoms with Gasteiger partial charge in [-0.25, -0.2) is 9.78 Å². The van der Waals surface area contributed by atoms with E-state index < -0.39 is 12.0 Å². The lowest BCUT2D eigenvalue weighted by molar-refractivity contribution is 0.0695. The van der Waals surface area contributed by atoms with Crippen LogP contribution in [0.5, 0.6) is 5.75 Å². The minimum absolute atomic E-state index is 0.0384. The molecule has 0 saturated heterocycles. The normalized spacial score (nSPS) is 20.8. The van der Waals surface area contributed by atoms with E-state index >= 15 is 0 Å². The highest BCUT2D eigenvalue weighted by Crippen LogP contribution is 2.39. The number of aromatic nitrogens is 2. The van der Waals surface area contributed by atoms with Gasteiger partial charge in [-0.3, -0.25) is 4.79 Å². The van der Waals surface area contributed by atoms with Gasteiger partial charge in [0.1, 0.15) is 17.9 Å². The number of Topliss-reactive ketones (excluding diaryl/α,β-unsaturated/α-hetero) is 1. The number of ether oxygens (including phenoxy) is 1. The van der Waals surface area contributed by atoms with Crippen LogP contribution in [0.2, 0.25) is 0 Å². The van der Waals surface area contributed by atoms with Gasteiger partial charge in [-0.2, -0.15) is 0 Å². The van der Waals surface area contributed by atoms with Gasteiger partial charge in [-0.1, -0.05) is 0 Å². The quantitative estimate of drug-likeness (QED) is 0.899. The van der Waals surface area contributed by atoms with Crippen molar-refractivity contribution < 1.29 is 19.4 Å². The van der Waals surface area contributed by atoms with Crippen molar-refractivity contribution in [1.29, 1.82) is 0 Å². The lowest BCUT2D eigenvalue weighted by atomic mass is 9.94. The monoisotopic (exact) mass is 350 g/mol. The molecule has 7 heteroatoms. The molecule has 3 rings (SSSR count). The van der Waals surface area contributed by atoms with Gasteiger partial charge in [0.05, 0.1) is 21.9 Å². The molecule has 21 heavy (non-hydrogen) atoms. The fourth-order valence-corrected chi connectivity index (χ4v) is 3.01. The molecule has 0 aliphatic carbocycles. The molecule has 1 N–H and O–H groups in total. The number of benzene rings is 1. The van der Waals surface area contributed by atoms with Gasteiger partial charge in [-0.15, -0.1) is 0 Å². The second kappa shape index (κ2) is 5.00. The molecule has 0 saturated carbocycles. The summed E-state index contributed by atoms with van der Waals surface area (Å²) in [6.45, 7) is 1.79. The topological polar surface area (TPSA) is 81.4 Å². The maximum atomic E-state index is 12.7. The van der Waals surface area contributed by atoms with E-state index in [1.54, 1.807) is 30.2 Å². The number of imidazole rings is 1. The highest BCUT2D eigenvalue weighted by atomic mass is 79.9. The Balaban J connectivity index is 2.13. The van der Waals surface area contributed by atoms with Gasteiger partial charge in [0, 0.05) is 12.4 Å². The van der Waals surface area contributed by atoms with E-state index in [9.17, 15) is 9.59 Å². The number of carbonyl (C=O) groups excluding carboxylic acids is 1. The molecule has 6 nitrogen and oxygen atoms in total. The summed E-state index contributed by atoms with van der Waals surface area (Å²) < 4.78 is 7.92. The van der Waals surface area contributed by atoms with Gasteiger partial charge >= 0.3 is 5.97 Å². The summed E-state index contributed by atoms with van der Waals surface area (Å²) in [5.74, 6) is -0.900. The number of rotatable bonds is 2. The number of carboxylic acids is 1. The predicted molar refractivity (Wildman–Crippen MR) is 76.8 cm³/mol. The van der Waals surface area contributed by atoms with Crippen molar-refractivity contribution in [2.45, 2.75) is 19.1 Å². The van der Waals surface area contributed by atoms with E-state index in [-0.39, 0.29) is 23.0 Å². The summed E-state index contributed by atoms with van der Waals surface area (Å²) in [4.78, 5) is 27.8. The van der Waals surface area contributed by atoms with Crippen molar-refractivity contribution in [3.8, 4) is 5.75 Å². The first-order valence-corrected chi connectivity index (χ1v) is 7.03. The third-order valence-electron chi connectivity index (χ3n) is 3.42. The first kappa shape index (κ1) is 13.8. The van der Waals surface area contributed by atoms with Crippen LogP contribution in [0.4, 0.5) is 0 Å². The zero-order chi connectivity index (χ0) is 15.1. The Morgan fingerprint density at radius 3 is 2.86 bits per heavy atom. The average Bonchev–Trinajstić information content (AvgIpc) is 2.93. The summed E-state index contributed by atoms with van der Waals surface area (Å²) >= 11 is 3.27. The number of fused-ring (bicyclic) bond motifs is 1. The van der Waals surface area contributed by atoms with Gasteiger partial charge < -0.3 is 14.4 Å². The van der Waals surface area contributed by atoms with E-state index in [0.29, 0.717) is 10.2 Å². The Bertz CT molecular complexity index is 727. The van der Waals surface area contributed by atoms with Crippen LogP contribution in [0.25, 0.3) is 0 Å². The van der Waals surface area contributed by atoms with Crippen LogP contribution in [0.1, 0.15) is 33.7 Å². The number of hydrogen-bond acceptors (Lipinski definition) is 4. The fraction of sp³-hybridized carbons (Fsp3) is 0.214. The third kappa shape index (κ3) is 2.23. The summed E-state index contributed by atoms with van der Waals surface area (Å²) in [7, 11) is 0. The molecule has 0 fully saturated rings. The molecule has 1 aliphatic rings. The number of halogens is 1. The van der Waals surface area contributed by atoms with E-state index in [4.69, 9.17) is 9.84 Å². The van der Waals surface area contributed by atoms with Crippen molar-refractivity contribution in [1.82, 2.24) is 9.55 Å². The fourth-order valence-electron chi connectivity index (χ4n) is 2.45. The number of nitrogens with zero attached hydrogens (tertiary/aromatic N) is 2. The zero-order valence-corrected chi connectivity index (χ0v) is 12.6. The molecular formula is C14H11BrN2O4. The Labute approximate surface area is 128 Å². The molecule has 108 valence electrons. The summed E-state index contributed by atoms with van der Waals surface area (Å²) in [6.07, 6.45) is 4.43. The lowest BCUT2D eigenvalue weighted by Crippen LogP contribution is -2.37. The number of hydrogen-bond donors (Lipinski definition) is 1. The summed E-state index contributed by atoms with van der Waals surface area (Å²) in [5, 5.41) is 9.11. The van der Waals surface area contributed by atoms with Gasteiger partial charge in [0.25, 0.3) is 0 Å². The highest BCUT2D eigenvalue weighted by Gasteiger charge is 2.37. The second-order valence-corrected chi connectivity index (χ2v) is 5.64. The average molecular weight is 351 g/mol. The van der Waals surface area contributed by atoms with Crippen LogP contribution in [0.15, 0.2) is 35.3 Å². The zero-order valence-electron chi connectivity index (χ0n) is 11.0. The van der Waals surface area contributed by atoms with Gasteiger partial charge in [0.2, 0.25) is 0 Å². The molecule has 2 aromatic rings. The van der Waals surface area contributed by atoms with E-state index in [1.807, 2.05) is 0 Å². The van der Waals surface area contributed by atoms with Crippen molar-refractivity contribution in [2.24, 2.45) is 0 Å². The van der Waals surface area contributed by atoms with Crippen LogP contribution < -0.4 is 4.74 Å². The first-order valence-electron chi connectivity index (χ1n) is 6.24. The van der Waals surface area contributed by atoms with E-state index in [1.165, 1.54) is 12.1 Å². The molecule has 1 aliphatic heterocycles. The standard InChI is InChI=1S/C14H11BrN2O4/c1-7-11(17-3-2-16-6-17)12(18)9-4-8(14(19)20)5-10(15)13(9)21-7/h2-7,11H,1H3,(H,19,20)/t7-,11-/m0/s1. The molecule has 0 unspecified atom stereocenters. The SMILES string of the molecule is C[C@@H]1Oc2c(Br)cc(C(=O)O)cc2C(=O)[C@H]1n1ccnc1. The minimum atomic E-state index is -1.09. The van der Waals surface area contributed by atoms with Crippen molar-refractivity contribution in [2.75, 3.05) is 0 Å². The predicted octanol–water partition coefficient (Wildman–Crippen LogP) is 2.55. The second-order valence-electron chi connectivity index (χ2n) is 4.78. The molecule has 1 aromatic carbocycles. The largest absolute Gasteiger partial charge is 0.486 e. The number of carboxylic acid groups (broad SMARTS) is 1. The molecule has 0 radical (unpaired) electrons. The molecule has 0 amide bonds. The summed E-state index contributed by atoms with van der Waals surface area (Å²) in [6, 6.07) is 2.22. The Morgan fingerprint density at radius 1 is 1.48 bits per heavy atom. The Kier molecular flexibility index (Phi) is 3.29. The van der Waals surface area contributed by atoms with E-state index in [0.717, 1.165) is 0 Å². The first-order chi connectivity index (χ1) is 9.99. The number of carbonyl (C=O) groups is 2. The lowest BCUT2D eigenvalue weighted by Gasteiger charge is -2.31. The third-order valence-corrected chi connectivity index (χ3v) is 4.01. The minimum Gasteiger partial charge on any atom is -0.486 e. The molecule has 0 bridgehead atoms. The van der Waals surface area contributed by atoms with Crippen LogP contribution in [-0.4, -0.2) is 32.5 Å². The smallest absolute Gasteiger partial charge is 0.335 e. The maximum absolute atomic E-state index is 12.7. The highest BCUT2D eigenvalue weighted by molar-refractivity contribution is 9.10. The van der Waals surface area contributed by atoms with Crippen LogP contribution in [-0.2, 0) is 0 Å². The Hall–Kier alpha value is -2.15. The van der Waals surface area contributed by atoms with Gasteiger partial charge in [-0.05, 0) is 35.0 Å². The van der Waals surface area contributed by atoms with Crippen LogP contribution in [0.3, 0.4) is 0 Å². The van der Waals surface area contributed by atoms with Crippen LogP contribution >= 0.6 is 15.9 Å². The Morgan fingerprint density at radius 2 is 2.24 bits per heavy atom.